The number of aryl methyl sites for hydroxylation is 2. The van der Waals surface area contributed by atoms with Crippen LogP contribution in [0.2, 0.25) is 0 Å². The van der Waals surface area contributed by atoms with E-state index in [-0.39, 0.29) is 11.6 Å². The van der Waals surface area contributed by atoms with Gasteiger partial charge in [-0.25, -0.2) is 0 Å². The van der Waals surface area contributed by atoms with E-state index in [1.807, 2.05) is 18.2 Å². The van der Waals surface area contributed by atoms with Crippen LogP contribution in [0, 0.1) is 13.8 Å². The van der Waals surface area contributed by atoms with Crippen LogP contribution in [0.1, 0.15) is 43.0 Å². The quantitative estimate of drug-likeness (QED) is 0.752. The molecule has 2 aromatic rings. The molecule has 0 unspecified atom stereocenters. The molecule has 5 heteroatoms. The molecular formula is C21H26N2O2S. The molecular weight excluding hydrogens is 344 g/mol. The Morgan fingerprint density at radius 3 is 2.50 bits per heavy atom. The van der Waals surface area contributed by atoms with Gasteiger partial charge in [0.1, 0.15) is 17.1 Å². The summed E-state index contributed by atoms with van der Waals surface area (Å²) in [6.07, 6.45) is 0.820. The fourth-order valence-electron chi connectivity index (χ4n) is 3.46. The van der Waals surface area contributed by atoms with Crippen LogP contribution in [-0.4, -0.2) is 17.8 Å². The van der Waals surface area contributed by atoms with E-state index in [1.165, 1.54) is 11.1 Å². The summed E-state index contributed by atoms with van der Waals surface area (Å²) in [6, 6.07) is 12.3. The molecule has 1 heterocycles. The third-order valence-corrected chi connectivity index (χ3v) is 4.68. The van der Waals surface area contributed by atoms with Crippen molar-refractivity contribution in [3.8, 4) is 11.5 Å². The number of methoxy groups -OCH3 is 1. The zero-order valence-electron chi connectivity index (χ0n) is 16.0. The maximum atomic E-state index is 6.14. The van der Waals surface area contributed by atoms with Gasteiger partial charge >= 0.3 is 0 Å². The second-order valence-electron chi connectivity index (χ2n) is 7.50. The summed E-state index contributed by atoms with van der Waals surface area (Å²) in [5.74, 6) is 1.63. The molecule has 1 aliphatic heterocycles. The van der Waals surface area contributed by atoms with Gasteiger partial charge in [0.2, 0.25) is 0 Å². The Kier molecular flexibility index (Phi) is 5.10. The average molecular weight is 371 g/mol. The van der Waals surface area contributed by atoms with E-state index in [0.29, 0.717) is 5.11 Å². The minimum absolute atomic E-state index is 0.0746. The monoisotopic (exact) mass is 370 g/mol. The number of anilines is 1. The number of rotatable bonds is 3. The first-order valence-electron chi connectivity index (χ1n) is 8.78. The summed E-state index contributed by atoms with van der Waals surface area (Å²) >= 11 is 5.57. The Labute approximate surface area is 160 Å². The first-order chi connectivity index (χ1) is 12.3. The minimum atomic E-state index is -0.285. The van der Waals surface area contributed by atoms with Gasteiger partial charge in [0.15, 0.2) is 5.11 Å². The van der Waals surface area contributed by atoms with E-state index in [2.05, 4.69) is 56.5 Å². The molecule has 26 heavy (non-hydrogen) atoms. The summed E-state index contributed by atoms with van der Waals surface area (Å²) in [7, 11) is 1.66. The number of hydrogen-bond donors (Lipinski definition) is 2. The maximum Gasteiger partial charge on any atom is 0.171 e. The highest BCUT2D eigenvalue weighted by molar-refractivity contribution is 7.80. The molecule has 3 rings (SSSR count). The van der Waals surface area contributed by atoms with Gasteiger partial charge in [-0.15, -0.1) is 0 Å². The number of ether oxygens (including phenoxy) is 2. The Bertz CT molecular complexity index is 813. The van der Waals surface area contributed by atoms with Crippen molar-refractivity contribution in [1.29, 1.82) is 0 Å². The van der Waals surface area contributed by atoms with Gasteiger partial charge in [0.05, 0.1) is 13.2 Å². The molecule has 138 valence electrons. The van der Waals surface area contributed by atoms with E-state index in [0.717, 1.165) is 29.2 Å². The normalized spacial score (nSPS) is 17.7. The van der Waals surface area contributed by atoms with Crippen LogP contribution in [0.5, 0.6) is 11.5 Å². The van der Waals surface area contributed by atoms with Gasteiger partial charge in [-0.05, 0) is 75.3 Å². The summed E-state index contributed by atoms with van der Waals surface area (Å²) < 4.78 is 11.5. The van der Waals surface area contributed by atoms with Crippen LogP contribution in [0.15, 0.2) is 36.4 Å². The number of fused-ring (bicyclic) bond motifs is 1. The van der Waals surface area contributed by atoms with Crippen LogP contribution in [0.4, 0.5) is 5.69 Å². The number of thiocarbonyl (C=S) groups is 1. The highest BCUT2D eigenvalue weighted by atomic mass is 32.1. The molecule has 0 saturated carbocycles. The summed E-state index contributed by atoms with van der Waals surface area (Å²) in [4.78, 5) is 0. The Balaban J connectivity index is 1.79. The van der Waals surface area contributed by atoms with Crippen molar-refractivity contribution < 1.29 is 9.47 Å². The van der Waals surface area contributed by atoms with Crippen molar-refractivity contribution >= 4 is 23.0 Å². The van der Waals surface area contributed by atoms with Gasteiger partial charge in [-0.1, -0.05) is 6.07 Å². The number of hydrogen-bond acceptors (Lipinski definition) is 3. The Hall–Kier alpha value is -2.27. The molecule has 0 aromatic heterocycles. The van der Waals surface area contributed by atoms with Crippen molar-refractivity contribution in [3.05, 3.63) is 53.1 Å². The molecule has 0 aliphatic carbocycles. The zero-order valence-corrected chi connectivity index (χ0v) is 16.8. The van der Waals surface area contributed by atoms with E-state index >= 15 is 0 Å². The Morgan fingerprint density at radius 1 is 1.15 bits per heavy atom. The predicted octanol–water partition coefficient (Wildman–Crippen LogP) is 4.90. The summed E-state index contributed by atoms with van der Waals surface area (Å²) in [5.41, 5.74) is 4.22. The molecule has 0 spiro atoms. The molecule has 2 N–H and O–H groups in total. The Morgan fingerprint density at radius 2 is 1.85 bits per heavy atom. The van der Waals surface area contributed by atoms with E-state index < -0.39 is 0 Å². The van der Waals surface area contributed by atoms with Crippen LogP contribution in [0.25, 0.3) is 0 Å². The third-order valence-electron chi connectivity index (χ3n) is 4.46. The minimum Gasteiger partial charge on any atom is -0.497 e. The van der Waals surface area contributed by atoms with Gasteiger partial charge in [-0.2, -0.15) is 0 Å². The third kappa shape index (κ3) is 4.28. The van der Waals surface area contributed by atoms with Crippen molar-refractivity contribution in [2.75, 3.05) is 12.4 Å². The van der Waals surface area contributed by atoms with Gasteiger partial charge < -0.3 is 20.1 Å². The smallest absolute Gasteiger partial charge is 0.171 e. The van der Waals surface area contributed by atoms with Crippen molar-refractivity contribution in [2.45, 2.75) is 45.8 Å². The number of benzene rings is 2. The second-order valence-corrected chi connectivity index (χ2v) is 7.91. The lowest BCUT2D eigenvalue weighted by molar-refractivity contribution is 0.0693. The molecule has 1 aliphatic rings. The molecule has 1 atom stereocenters. The summed E-state index contributed by atoms with van der Waals surface area (Å²) in [5, 5.41) is 7.37. The first-order valence-corrected chi connectivity index (χ1v) is 9.19. The molecule has 4 nitrogen and oxygen atoms in total. The van der Waals surface area contributed by atoms with Crippen molar-refractivity contribution in [3.63, 3.8) is 0 Å². The van der Waals surface area contributed by atoms with Crippen LogP contribution >= 0.6 is 12.2 Å². The first kappa shape index (κ1) is 18.5. The largest absolute Gasteiger partial charge is 0.497 e. The second kappa shape index (κ2) is 7.16. The highest BCUT2D eigenvalue weighted by Gasteiger charge is 2.34. The fourth-order valence-corrected chi connectivity index (χ4v) is 3.72. The van der Waals surface area contributed by atoms with Gasteiger partial charge in [0, 0.05) is 23.7 Å². The lowest BCUT2D eigenvalue weighted by Crippen LogP contribution is -2.42. The topological polar surface area (TPSA) is 42.5 Å². The predicted molar refractivity (Wildman–Crippen MR) is 110 cm³/mol. The fraction of sp³-hybridized carbons (Fsp3) is 0.381. The van der Waals surface area contributed by atoms with E-state index in [4.69, 9.17) is 21.7 Å². The zero-order chi connectivity index (χ0) is 18.9. The molecule has 0 amide bonds. The van der Waals surface area contributed by atoms with E-state index in [1.54, 1.807) is 7.11 Å². The van der Waals surface area contributed by atoms with Crippen LogP contribution in [0.3, 0.4) is 0 Å². The number of nitrogens with one attached hydrogen (secondary N) is 2. The molecule has 0 fully saturated rings. The van der Waals surface area contributed by atoms with Crippen molar-refractivity contribution in [2.24, 2.45) is 0 Å². The SMILES string of the molecule is COc1ccc2c(c1)OC(C)(C)C[C@@H]2NC(=S)Nc1cc(C)cc(C)c1. The van der Waals surface area contributed by atoms with Crippen molar-refractivity contribution in [1.82, 2.24) is 5.32 Å². The highest BCUT2D eigenvalue weighted by Crippen LogP contribution is 2.41. The molecule has 0 radical (unpaired) electrons. The van der Waals surface area contributed by atoms with Crippen LogP contribution in [-0.2, 0) is 0 Å². The average Bonchev–Trinajstić information content (AvgIpc) is 2.51. The van der Waals surface area contributed by atoms with Gasteiger partial charge in [0.25, 0.3) is 0 Å². The lowest BCUT2D eigenvalue weighted by Gasteiger charge is -2.38. The van der Waals surface area contributed by atoms with Crippen LogP contribution < -0.4 is 20.1 Å². The maximum absolute atomic E-state index is 6.14. The molecule has 2 aromatic carbocycles. The van der Waals surface area contributed by atoms with Gasteiger partial charge in [-0.3, -0.25) is 0 Å². The summed E-state index contributed by atoms with van der Waals surface area (Å²) in [6.45, 7) is 8.34. The molecule has 0 bridgehead atoms. The standard InChI is InChI=1S/C21H26N2O2S/c1-13-8-14(2)10-15(9-13)22-20(26)23-18-12-21(3,4)25-19-11-16(24-5)6-7-17(18)19/h6-11,18H,12H2,1-5H3,(H2,22,23,26)/t18-/m0/s1. The van der Waals surface area contributed by atoms with E-state index in [9.17, 15) is 0 Å². The lowest BCUT2D eigenvalue weighted by atomic mass is 9.89. The molecule has 0 saturated heterocycles.